The van der Waals surface area contributed by atoms with Crippen molar-refractivity contribution in [1.29, 1.82) is 0 Å². The van der Waals surface area contributed by atoms with Crippen molar-refractivity contribution in [2.45, 2.75) is 6.42 Å². The highest BCUT2D eigenvalue weighted by Gasteiger charge is 2.13. The highest BCUT2D eigenvalue weighted by atomic mass is 15.3. The Bertz CT molecular complexity index is 1100. The predicted molar refractivity (Wildman–Crippen MR) is 98.2 cm³/mol. The molecule has 0 radical (unpaired) electrons. The molecule has 1 aliphatic heterocycles. The molecule has 5 rings (SSSR count). The summed E-state index contributed by atoms with van der Waals surface area (Å²) in [6, 6.07) is 6.31. The molecule has 5 heterocycles. The van der Waals surface area contributed by atoms with Crippen molar-refractivity contribution in [3.63, 3.8) is 0 Å². The SMILES string of the molecule is CN1CC=C(c2cnc3[nH]cc(-c4ccc5ncnn5c4)c3c2)CC1. The fourth-order valence-corrected chi connectivity index (χ4v) is 3.43. The molecule has 0 unspecified atom stereocenters. The summed E-state index contributed by atoms with van der Waals surface area (Å²) in [4.78, 5) is 14.4. The quantitative estimate of drug-likeness (QED) is 0.614. The first-order chi connectivity index (χ1) is 12.3. The number of pyridine rings is 2. The Kier molecular flexibility index (Phi) is 3.18. The number of hydrogen-bond donors (Lipinski definition) is 1. The van der Waals surface area contributed by atoms with Crippen molar-refractivity contribution in [2.75, 3.05) is 20.1 Å². The molecule has 0 fully saturated rings. The minimum Gasteiger partial charge on any atom is -0.346 e. The lowest BCUT2D eigenvalue weighted by molar-refractivity contribution is 0.370. The number of fused-ring (bicyclic) bond motifs is 2. The molecule has 0 atom stereocenters. The normalized spacial score (nSPS) is 15.8. The lowest BCUT2D eigenvalue weighted by Crippen LogP contribution is -2.23. The summed E-state index contributed by atoms with van der Waals surface area (Å²) >= 11 is 0. The van der Waals surface area contributed by atoms with Crippen molar-refractivity contribution < 1.29 is 0 Å². The van der Waals surface area contributed by atoms with Gasteiger partial charge in [-0.25, -0.2) is 14.5 Å². The van der Waals surface area contributed by atoms with Gasteiger partial charge in [-0.2, -0.15) is 5.10 Å². The van der Waals surface area contributed by atoms with Crippen molar-refractivity contribution in [2.24, 2.45) is 0 Å². The van der Waals surface area contributed by atoms with Gasteiger partial charge in [0.2, 0.25) is 0 Å². The van der Waals surface area contributed by atoms with E-state index < -0.39 is 0 Å². The molecule has 0 saturated carbocycles. The van der Waals surface area contributed by atoms with Gasteiger partial charge in [-0.15, -0.1) is 0 Å². The van der Waals surface area contributed by atoms with Crippen LogP contribution in [-0.2, 0) is 0 Å². The average Bonchev–Trinajstić information content (AvgIpc) is 3.27. The van der Waals surface area contributed by atoms with E-state index in [0.717, 1.165) is 47.3 Å². The predicted octanol–water partition coefficient (Wildman–Crippen LogP) is 2.99. The number of rotatable bonds is 2. The van der Waals surface area contributed by atoms with Gasteiger partial charge in [0.25, 0.3) is 0 Å². The molecule has 0 spiro atoms. The van der Waals surface area contributed by atoms with E-state index in [9.17, 15) is 0 Å². The van der Waals surface area contributed by atoms with Gasteiger partial charge < -0.3 is 9.88 Å². The summed E-state index contributed by atoms with van der Waals surface area (Å²) in [6.07, 6.45) is 10.9. The van der Waals surface area contributed by atoms with Gasteiger partial charge in [-0.1, -0.05) is 6.08 Å². The Hall–Kier alpha value is -2.99. The highest BCUT2D eigenvalue weighted by molar-refractivity contribution is 5.95. The second-order valence-corrected chi connectivity index (χ2v) is 6.54. The van der Waals surface area contributed by atoms with Gasteiger partial charge in [0.05, 0.1) is 0 Å². The van der Waals surface area contributed by atoms with Gasteiger partial charge in [-0.05, 0) is 42.8 Å². The number of H-pyrrole nitrogens is 1. The molecular formula is C19H18N6. The Labute approximate surface area is 144 Å². The second kappa shape index (κ2) is 5.53. The maximum absolute atomic E-state index is 4.63. The smallest absolute Gasteiger partial charge is 0.155 e. The van der Waals surface area contributed by atoms with Gasteiger partial charge in [0.1, 0.15) is 12.0 Å². The summed E-state index contributed by atoms with van der Waals surface area (Å²) in [7, 11) is 2.15. The van der Waals surface area contributed by atoms with E-state index in [1.54, 1.807) is 10.8 Å². The maximum atomic E-state index is 4.63. The molecular weight excluding hydrogens is 312 g/mol. The van der Waals surface area contributed by atoms with Gasteiger partial charge in [0.15, 0.2) is 5.65 Å². The molecule has 0 aliphatic carbocycles. The Morgan fingerprint density at radius 1 is 1.16 bits per heavy atom. The van der Waals surface area contributed by atoms with Crippen LogP contribution in [0.4, 0.5) is 0 Å². The molecule has 0 bridgehead atoms. The fourth-order valence-electron chi connectivity index (χ4n) is 3.43. The third kappa shape index (κ3) is 2.42. The molecule has 4 aromatic heterocycles. The van der Waals surface area contributed by atoms with Crippen LogP contribution in [0.2, 0.25) is 0 Å². The van der Waals surface area contributed by atoms with E-state index in [0.29, 0.717) is 0 Å². The van der Waals surface area contributed by atoms with Gasteiger partial charge >= 0.3 is 0 Å². The number of nitrogens with one attached hydrogen (secondary N) is 1. The first kappa shape index (κ1) is 14.4. The van der Waals surface area contributed by atoms with E-state index >= 15 is 0 Å². The van der Waals surface area contributed by atoms with E-state index in [-0.39, 0.29) is 0 Å². The average molecular weight is 330 g/mol. The summed E-state index contributed by atoms with van der Waals surface area (Å²) in [5.41, 5.74) is 6.58. The minimum absolute atomic E-state index is 0.846. The zero-order valence-electron chi connectivity index (χ0n) is 14.0. The molecule has 0 saturated heterocycles. The van der Waals surface area contributed by atoms with E-state index in [1.165, 1.54) is 11.1 Å². The Morgan fingerprint density at radius 2 is 2.12 bits per heavy atom. The number of aromatic amines is 1. The molecule has 0 aromatic carbocycles. The zero-order chi connectivity index (χ0) is 16.8. The van der Waals surface area contributed by atoms with E-state index in [2.05, 4.69) is 50.2 Å². The first-order valence-corrected chi connectivity index (χ1v) is 8.43. The largest absolute Gasteiger partial charge is 0.346 e. The van der Waals surface area contributed by atoms with Crippen molar-refractivity contribution >= 4 is 22.3 Å². The lowest BCUT2D eigenvalue weighted by Gasteiger charge is -2.21. The number of aromatic nitrogens is 5. The van der Waals surface area contributed by atoms with Crippen molar-refractivity contribution in [3.05, 3.63) is 54.8 Å². The summed E-state index contributed by atoms with van der Waals surface area (Å²) in [5.74, 6) is 0. The fraction of sp³-hybridized carbons (Fsp3) is 0.211. The van der Waals surface area contributed by atoms with Crippen LogP contribution in [0.3, 0.4) is 0 Å². The van der Waals surface area contributed by atoms with Crippen LogP contribution >= 0.6 is 0 Å². The van der Waals surface area contributed by atoms with E-state index in [1.807, 2.05) is 24.7 Å². The summed E-state index contributed by atoms with van der Waals surface area (Å²) in [6.45, 7) is 2.09. The Balaban J connectivity index is 1.62. The molecule has 6 nitrogen and oxygen atoms in total. The van der Waals surface area contributed by atoms with Crippen LogP contribution in [0.15, 0.2) is 49.2 Å². The zero-order valence-corrected chi connectivity index (χ0v) is 14.0. The van der Waals surface area contributed by atoms with Crippen LogP contribution in [-0.4, -0.2) is 49.6 Å². The summed E-state index contributed by atoms with van der Waals surface area (Å²) < 4.78 is 1.80. The third-order valence-electron chi connectivity index (χ3n) is 4.90. The topological polar surface area (TPSA) is 62.1 Å². The van der Waals surface area contributed by atoms with Crippen molar-refractivity contribution in [1.82, 2.24) is 29.5 Å². The minimum atomic E-state index is 0.846. The summed E-state index contributed by atoms with van der Waals surface area (Å²) in [5, 5.41) is 5.37. The van der Waals surface area contributed by atoms with Crippen molar-refractivity contribution in [3.8, 4) is 11.1 Å². The van der Waals surface area contributed by atoms with Gasteiger partial charge in [0, 0.05) is 48.2 Å². The van der Waals surface area contributed by atoms with Crippen LogP contribution < -0.4 is 0 Å². The van der Waals surface area contributed by atoms with Gasteiger partial charge in [-0.3, -0.25) is 0 Å². The van der Waals surface area contributed by atoms with Crippen LogP contribution in [0.1, 0.15) is 12.0 Å². The third-order valence-corrected chi connectivity index (χ3v) is 4.90. The second-order valence-electron chi connectivity index (χ2n) is 6.54. The van der Waals surface area contributed by atoms with Crippen LogP contribution in [0.5, 0.6) is 0 Å². The van der Waals surface area contributed by atoms with Crippen LogP contribution in [0.25, 0.3) is 33.4 Å². The molecule has 4 aromatic rings. The van der Waals surface area contributed by atoms with Crippen LogP contribution in [0, 0.1) is 0 Å². The molecule has 0 amide bonds. The first-order valence-electron chi connectivity index (χ1n) is 8.43. The molecule has 25 heavy (non-hydrogen) atoms. The standard InChI is InChI=1S/C19H18N6/c1-24-6-4-13(5-7-24)15-8-16-17(10-21-19(16)20-9-15)14-2-3-18-22-12-23-25(18)11-14/h2-4,8-12H,5-7H2,1H3,(H,20,21). The number of hydrogen-bond acceptors (Lipinski definition) is 4. The molecule has 124 valence electrons. The molecule has 1 aliphatic rings. The Morgan fingerprint density at radius 3 is 3.00 bits per heavy atom. The maximum Gasteiger partial charge on any atom is 0.155 e. The molecule has 6 heteroatoms. The molecule has 1 N–H and O–H groups in total. The lowest BCUT2D eigenvalue weighted by atomic mass is 9.99. The number of nitrogens with zero attached hydrogens (tertiary/aromatic N) is 5. The monoisotopic (exact) mass is 330 g/mol. The van der Waals surface area contributed by atoms with E-state index in [4.69, 9.17) is 0 Å². The highest BCUT2D eigenvalue weighted by Crippen LogP contribution is 2.31. The number of likely N-dealkylation sites (N-methyl/N-ethyl adjacent to an activating group) is 1.